The Hall–Kier alpha value is -1.16. The average Bonchev–Trinajstić information content (AvgIpc) is 2.39. The van der Waals surface area contributed by atoms with Gasteiger partial charge in [0.25, 0.3) is 0 Å². The molecule has 1 unspecified atom stereocenters. The molecule has 88 valence electrons. The van der Waals surface area contributed by atoms with Gasteiger partial charge in [-0.3, -0.25) is 0 Å². The molecule has 4 heteroatoms. The zero-order chi connectivity index (χ0) is 11.4. The third kappa shape index (κ3) is 2.50. The van der Waals surface area contributed by atoms with Gasteiger partial charge in [-0.1, -0.05) is 19.3 Å². The van der Waals surface area contributed by atoms with E-state index < -0.39 is 0 Å². The van der Waals surface area contributed by atoms with Gasteiger partial charge < -0.3 is 10.5 Å². The Morgan fingerprint density at radius 3 is 2.56 bits per heavy atom. The molecule has 0 spiro atoms. The van der Waals surface area contributed by atoms with Crippen LogP contribution in [0.25, 0.3) is 0 Å². The quantitative estimate of drug-likeness (QED) is 0.848. The molecule has 2 rings (SSSR count). The van der Waals surface area contributed by atoms with Crippen LogP contribution in [0.4, 0.5) is 0 Å². The third-order valence-corrected chi connectivity index (χ3v) is 3.37. The molecule has 1 aromatic heterocycles. The van der Waals surface area contributed by atoms with Crippen molar-refractivity contribution in [3.63, 3.8) is 0 Å². The molecule has 0 aromatic carbocycles. The Kier molecular flexibility index (Phi) is 3.72. The minimum atomic E-state index is 0.0266. The Balaban J connectivity index is 2.04. The van der Waals surface area contributed by atoms with E-state index in [1.54, 1.807) is 7.11 Å². The lowest BCUT2D eigenvalue weighted by molar-refractivity contribution is 0.302. The van der Waals surface area contributed by atoms with Crippen molar-refractivity contribution < 1.29 is 4.74 Å². The van der Waals surface area contributed by atoms with Crippen LogP contribution in [0.1, 0.15) is 43.8 Å². The van der Waals surface area contributed by atoms with Gasteiger partial charge in [-0.2, -0.15) is 5.10 Å². The van der Waals surface area contributed by atoms with E-state index in [2.05, 4.69) is 10.2 Å². The lowest BCUT2D eigenvalue weighted by Gasteiger charge is -2.26. The summed E-state index contributed by atoms with van der Waals surface area (Å²) < 4.78 is 4.98. The first-order valence-electron chi connectivity index (χ1n) is 5.94. The van der Waals surface area contributed by atoms with Crippen molar-refractivity contribution in [1.29, 1.82) is 0 Å². The number of rotatable bonds is 3. The van der Waals surface area contributed by atoms with Crippen molar-refractivity contribution in [3.05, 3.63) is 17.8 Å². The van der Waals surface area contributed by atoms with Gasteiger partial charge >= 0.3 is 0 Å². The summed E-state index contributed by atoms with van der Waals surface area (Å²) >= 11 is 0. The SMILES string of the molecule is COc1ccc(C(N)C2CCCCC2)nn1. The van der Waals surface area contributed by atoms with Crippen LogP contribution in [0.3, 0.4) is 0 Å². The lowest BCUT2D eigenvalue weighted by atomic mass is 9.83. The molecular formula is C12H19N3O. The van der Waals surface area contributed by atoms with Gasteiger partial charge in [0.2, 0.25) is 5.88 Å². The van der Waals surface area contributed by atoms with Crippen LogP contribution < -0.4 is 10.5 Å². The Labute approximate surface area is 96.2 Å². The van der Waals surface area contributed by atoms with E-state index in [4.69, 9.17) is 10.5 Å². The fourth-order valence-corrected chi connectivity index (χ4v) is 2.35. The summed E-state index contributed by atoms with van der Waals surface area (Å²) in [7, 11) is 1.59. The van der Waals surface area contributed by atoms with E-state index in [9.17, 15) is 0 Å². The van der Waals surface area contributed by atoms with E-state index in [1.807, 2.05) is 12.1 Å². The highest BCUT2D eigenvalue weighted by Crippen LogP contribution is 2.32. The minimum absolute atomic E-state index is 0.0266. The summed E-state index contributed by atoms with van der Waals surface area (Å²) in [4.78, 5) is 0. The smallest absolute Gasteiger partial charge is 0.233 e. The van der Waals surface area contributed by atoms with Crippen LogP contribution in [-0.4, -0.2) is 17.3 Å². The minimum Gasteiger partial charge on any atom is -0.480 e. The summed E-state index contributed by atoms with van der Waals surface area (Å²) in [5.74, 6) is 1.11. The molecule has 16 heavy (non-hydrogen) atoms. The highest BCUT2D eigenvalue weighted by Gasteiger charge is 2.22. The molecule has 0 amide bonds. The average molecular weight is 221 g/mol. The third-order valence-electron chi connectivity index (χ3n) is 3.37. The van der Waals surface area contributed by atoms with Gasteiger partial charge in [-0.05, 0) is 24.8 Å². The van der Waals surface area contributed by atoms with Gasteiger partial charge in [0.1, 0.15) is 0 Å². The molecule has 0 aliphatic heterocycles. The molecule has 1 aromatic rings. The van der Waals surface area contributed by atoms with E-state index in [0.29, 0.717) is 11.8 Å². The highest BCUT2D eigenvalue weighted by atomic mass is 16.5. The van der Waals surface area contributed by atoms with Crippen LogP contribution in [-0.2, 0) is 0 Å². The second kappa shape index (κ2) is 5.25. The zero-order valence-corrected chi connectivity index (χ0v) is 9.72. The molecule has 0 radical (unpaired) electrons. The molecule has 1 fully saturated rings. The maximum absolute atomic E-state index is 6.22. The first kappa shape index (κ1) is 11.3. The predicted molar refractivity (Wildman–Crippen MR) is 62.1 cm³/mol. The first-order valence-corrected chi connectivity index (χ1v) is 5.94. The molecule has 1 aliphatic rings. The predicted octanol–water partition coefficient (Wildman–Crippen LogP) is 2.07. The van der Waals surface area contributed by atoms with Crippen LogP contribution >= 0.6 is 0 Å². The summed E-state index contributed by atoms with van der Waals surface area (Å²) in [5, 5.41) is 8.09. The fourth-order valence-electron chi connectivity index (χ4n) is 2.35. The fraction of sp³-hybridized carbons (Fsp3) is 0.667. The van der Waals surface area contributed by atoms with Gasteiger partial charge in [0.05, 0.1) is 18.8 Å². The largest absolute Gasteiger partial charge is 0.480 e. The van der Waals surface area contributed by atoms with Gasteiger partial charge in [0.15, 0.2) is 0 Å². The van der Waals surface area contributed by atoms with Crippen LogP contribution in [0.5, 0.6) is 5.88 Å². The summed E-state index contributed by atoms with van der Waals surface area (Å²) in [5.41, 5.74) is 7.10. The summed E-state index contributed by atoms with van der Waals surface area (Å²) in [6.45, 7) is 0. The van der Waals surface area contributed by atoms with Gasteiger partial charge in [-0.25, -0.2) is 0 Å². The maximum atomic E-state index is 6.22. The maximum Gasteiger partial charge on any atom is 0.233 e. The van der Waals surface area contributed by atoms with E-state index in [-0.39, 0.29) is 6.04 Å². The topological polar surface area (TPSA) is 61.0 Å². The Morgan fingerprint density at radius 2 is 2.00 bits per heavy atom. The molecule has 0 saturated heterocycles. The molecule has 1 atom stereocenters. The molecule has 0 bridgehead atoms. The monoisotopic (exact) mass is 221 g/mol. The van der Waals surface area contributed by atoms with E-state index >= 15 is 0 Å². The zero-order valence-electron chi connectivity index (χ0n) is 9.72. The van der Waals surface area contributed by atoms with Crippen molar-refractivity contribution in [2.75, 3.05) is 7.11 Å². The summed E-state index contributed by atoms with van der Waals surface area (Å²) in [6.07, 6.45) is 6.37. The standard InChI is InChI=1S/C12H19N3O/c1-16-11-8-7-10(14-15-11)12(13)9-5-3-2-4-6-9/h7-9,12H,2-6,13H2,1H3. The van der Waals surface area contributed by atoms with Crippen molar-refractivity contribution in [2.24, 2.45) is 11.7 Å². The van der Waals surface area contributed by atoms with Crippen LogP contribution in [0.2, 0.25) is 0 Å². The normalized spacial score (nSPS) is 19.4. The highest BCUT2D eigenvalue weighted by molar-refractivity contribution is 5.14. The molecule has 1 heterocycles. The van der Waals surface area contributed by atoms with Gasteiger partial charge in [-0.15, -0.1) is 5.10 Å². The van der Waals surface area contributed by atoms with Crippen molar-refractivity contribution >= 4 is 0 Å². The molecular weight excluding hydrogens is 202 g/mol. The molecule has 2 N–H and O–H groups in total. The number of nitrogens with two attached hydrogens (primary N) is 1. The summed E-state index contributed by atoms with van der Waals surface area (Å²) in [6, 6.07) is 3.77. The molecule has 1 saturated carbocycles. The second-order valence-electron chi connectivity index (χ2n) is 4.42. The number of nitrogens with zero attached hydrogens (tertiary/aromatic N) is 2. The number of ether oxygens (including phenoxy) is 1. The Morgan fingerprint density at radius 1 is 1.25 bits per heavy atom. The number of methoxy groups -OCH3 is 1. The van der Waals surface area contributed by atoms with Crippen molar-refractivity contribution in [1.82, 2.24) is 10.2 Å². The van der Waals surface area contributed by atoms with Gasteiger partial charge in [0, 0.05) is 6.07 Å². The Bertz CT molecular complexity index is 320. The molecule has 1 aliphatic carbocycles. The first-order chi connectivity index (χ1) is 7.81. The van der Waals surface area contributed by atoms with Crippen LogP contribution in [0, 0.1) is 5.92 Å². The lowest BCUT2D eigenvalue weighted by Crippen LogP contribution is -2.24. The number of hydrogen-bond donors (Lipinski definition) is 1. The second-order valence-corrected chi connectivity index (χ2v) is 4.42. The van der Waals surface area contributed by atoms with Crippen molar-refractivity contribution in [2.45, 2.75) is 38.1 Å². The number of aromatic nitrogens is 2. The van der Waals surface area contributed by atoms with E-state index in [1.165, 1.54) is 32.1 Å². The van der Waals surface area contributed by atoms with E-state index in [0.717, 1.165) is 5.69 Å². The number of hydrogen-bond acceptors (Lipinski definition) is 4. The van der Waals surface area contributed by atoms with Crippen molar-refractivity contribution in [3.8, 4) is 5.88 Å². The van der Waals surface area contributed by atoms with Crippen LogP contribution in [0.15, 0.2) is 12.1 Å². The molecule has 4 nitrogen and oxygen atoms in total.